The SMILES string of the molecule is CCCCOP(=O)([O-])OCC(CC)CCCC.CCCCOP(=O)([O-])OCC(CC)CCCC.[Ni+2]. The van der Waals surface area contributed by atoms with Gasteiger partial charge in [-0.2, -0.15) is 0 Å². The van der Waals surface area contributed by atoms with E-state index in [1.54, 1.807) is 0 Å². The van der Waals surface area contributed by atoms with Gasteiger partial charge in [0.2, 0.25) is 0 Å². The van der Waals surface area contributed by atoms with E-state index in [1.807, 2.05) is 13.8 Å². The van der Waals surface area contributed by atoms with Gasteiger partial charge in [0, 0.05) is 0 Å². The molecule has 0 fully saturated rings. The zero-order chi connectivity index (χ0) is 26.3. The number of hydrogen-bond acceptors (Lipinski definition) is 8. The van der Waals surface area contributed by atoms with Crippen molar-refractivity contribution in [2.45, 2.75) is 119 Å². The average Bonchev–Trinajstić information content (AvgIpc) is 2.80. The average molecular weight is 589 g/mol. The molecule has 0 aliphatic carbocycles. The van der Waals surface area contributed by atoms with Gasteiger partial charge in [-0.25, -0.2) is 0 Å². The molecule has 216 valence electrons. The van der Waals surface area contributed by atoms with Crippen LogP contribution in [0.15, 0.2) is 0 Å². The van der Waals surface area contributed by atoms with E-state index in [2.05, 4.69) is 27.7 Å². The van der Waals surface area contributed by atoms with Crippen LogP contribution >= 0.6 is 15.6 Å². The monoisotopic (exact) mass is 588 g/mol. The van der Waals surface area contributed by atoms with Crippen molar-refractivity contribution >= 4 is 15.6 Å². The Bertz CT molecular complexity index is 494. The van der Waals surface area contributed by atoms with Crippen molar-refractivity contribution in [1.82, 2.24) is 0 Å². The minimum atomic E-state index is -4.07. The van der Waals surface area contributed by atoms with Gasteiger partial charge < -0.3 is 27.9 Å². The molecule has 0 aliphatic rings. The van der Waals surface area contributed by atoms with Crippen molar-refractivity contribution < 1.29 is 53.5 Å². The van der Waals surface area contributed by atoms with Crippen LogP contribution in [0.1, 0.15) is 119 Å². The van der Waals surface area contributed by atoms with E-state index in [0.717, 1.165) is 77.0 Å². The molecule has 0 aromatic rings. The molecule has 0 bridgehead atoms. The van der Waals surface area contributed by atoms with E-state index in [0.29, 0.717) is 11.8 Å². The summed E-state index contributed by atoms with van der Waals surface area (Å²) in [4.78, 5) is 22.8. The molecule has 0 aromatic carbocycles. The minimum absolute atomic E-state index is 0. The maximum atomic E-state index is 11.4. The predicted molar refractivity (Wildman–Crippen MR) is 135 cm³/mol. The quantitative estimate of drug-likeness (QED) is 0.0753. The Hall–Kier alpha value is 0.714. The van der Waals surface area contributed by atoms with Crippen LogP contribution in [-0.2, 0) is 43.7 Å². The second-order valence-corrected chi connectivity index (χ2v) is 11.5. The van der Waals surface area contributed by atoms with Crippen LogP contribution in [0.4, 0.5) is 0 Å². The Kier molecular flexibility index (Phi) is 30.2. The molecule has 0 aromatic heterocycles. The first-order valence-electron chi connectivity index (χ1n) is 13.3. The summed E-state index contributed by atoms with van der Waals surface area (Å²) in [7, 11) is -8.14. The Balaban J connectivity index is -0.000000569. The number of phosphoric ester groups is 2. The van der Waals surface area contributed by atoms with Gasteiger partial charge in [-0.05, 0) is 37.5 Å². The van der Waals surface area contributed by atoms with Crippen molar-refractivity contribution in [1.29, 1.82) is 0 Å². The molecule has 35 heavy (non-hydrogen) atoms. The number of phosphoric acid groups is 2. The first kappa shape index (κ1) is 40.2. The van der Waals surface area contributed by atoms with Gasteiger partial charge in [-0.1, -0.05) is 92.9 Å². The fourth-order valence-corrected chi connectivity index (χ4v) is 4.55. The summed E-state index contributed by atoms with van der Waals surface area (Å²) in [6, 6.07) is 0. The zero-order valence-electron chi connectivity index (χ0n) is 22.9. The summed E-state index contributed by atoms with van der Waals surface area (Å²) < 4.78 is 42.1. The van der Waals surface area contributed by atoms with Crippen LogP contribution < -0.4 is 9.79 Å². The predicted octanol–water partition coefficient (Wildman–Crippen LogP) is 7.01. The van der Waals surface area contributed by atoms with Gasteiger partial charge in [0.05, 0.1) is 26.4 Å². The maximum absolute atomic E-state index is 11.4. The van der Waals surface area contributed by atoms with Gasteiger partial charge in [-0.3, -0.25) is 9.13 Å². The first-order chi connectivity index (χ1) is 16.1. The van der Waals surface area contributed by atoms with E-state index in [4.69, 9.17) is 18.1 Å². The van der Waals surface area contributed by atoms with E-state index in [9.17, 15) is 18.9 Å². The fourth-order valence-electron chi connectivity index (χ4n) is 2.91. The normalized spacial score (nSPS) is 16.2. The van der Waals surface area contributed by atoms with Crippen LogP contribution in [0.5, 0.6) is 0 Å². The summed E-state index contributed by atoms with van der Waals surface area (Å²) in [5.41, 5.74) is 0. The third kappa shape index (κ3) is 27.6. The maximum Gasteiger partial charge on any atom is 2.00 e. The molecule has 0 saturated heterocycles. The van der Waals surface area contributed by atoms with Crippen molar-refractivity contribution in [2.24, 2.45) is 11.8 Å². The molecule has 4 atom stereocenters. The van der Waals surface area contributed by atoms with Crippen LogP contribution in [0.3, 0.4) is 0 Å². The summed E-state index contributed by atoms with van der Waals surface area (Å²) >= 11 is 0. The zero-order valence-corrected chi connectivity index (χ0v) is 25.7. The Labute approximate surface area is 225 Å². The molecule has 0 heterocycles. The second-order valence-electron chi connectivity index (χ2n) is 8.69. The van der Waals surface area contributed by atoms with E-state index in [-0.39, 0.29) is 42.9 Å². The van der Waals surface area contributed by atoms with E-state index in [1.165, 1.54) is 0 Å². The third-order valence-corrected chi connectivity index (χ3v) is 7.45. The summed E-state index contributed by atoms with van der Waals surface area (Å²) in [6.07, 6.45) is 11.7. The summed E-state index contributed by atoms with van der Waals surface area (Å²) in [6.45, 7) is 13.3. The Morgan fingerprint density at radius 3 is 1.14 bits per heavy atom. The molecular formula is C24H52NiO8P2. The molecular weight excluding hydrogens is 537 g/mol. The molecule has 0 amide bonds. The largest absolute Gasteiger partial charge is 2.00 e. The standard InChI is InChI=1S/2C12H27O4P.Ni/c2*1-4-7-9-12(6-3)11-16-17(13,14)15-10-8-5-2;/h2*12H,4-11H2,1-3H3,(H,13,14);/q;;+2/p-2. The third-order valence-electron chi connectivity index (χ3n) is 5.52. The van der Waals surface area contributed by atoms with Crippen molar-refractivity contribution in [3.8, 4) is 0 Å². The van der Waals surface area contributed by atoms with Crippen molar-refractivity contribution in [2.75, 3.05) is 26.4 Å². The molecule has 0 rings (SSSR count). The number of rotatable bonds is 22. The van der Waals surface area contributed by atoms with Crippen LogP contribution in [0.25, 0.3) is 0 Å². The van der Waals surface area contributed by atoms with Gasteiger partial charge in [-0.15, -0.1) is 0 Å². The molecule has 0 spiro atoms. The minimum Gasteiger partial charge on any atom is -0.756 e. The molecule has 0 aliphatic heterocycles. The summed E-state index contributed by atoms with van der Waals surface area (Å²) in [5.74, 6) is 0.624. The molecule has 0 radical (unpaired) electrons. The van der Waals surface area contributed by atoms with Gasteiger partial charge >= 0.3 is 16.5 Å². The second kappa shape index (κ2) is 26.3. The topological polar surface area (TPSA) is 117 Å². The van der Waals surface area contributed by atoms with Gasteiger partial charge in [0.25, 0.3) is 15.6 Å². The molecule has 11 heteroatoms. The Morgan fingerprint density at radius 2 is 0.886 bits per heavy atom. The first-order valence-corrected chi connectivity index (χ1v) is 16.2. The van der Waals surface area contributed by atoms with Crippen molar-refractivity contribution in [3.63, 3.8) is 0 Å². The number of hydrogen-bond donors (Lipinski definition) is 0. The van der Waals surface area contributed by atoms with Crippen molar-refractivity contribution in [3.05, 3.63) is 0 Å². The fraction of sp³-hybridized carbons (Fsp3) is 1.00. The van der Waals surface area contributed by atoms with Gasteiger partial charge in [0.15, 0.2) is 0 Å². The summed E-state index contributed by atoms with van der Waals surface area (Å²) in [5, 5.41) is 0. The smallest absolute Gasteiger partial charge is 0.756 e. The van der Waals surface area contributed by atoms with Crippen LogP contribution in [-0.4, -0.2) is 26.4 Å². The molecule has 4 unspecified atom stereocenters. The van der Waals surface area contributed by atoms with Gasteiger partial charge in [0.1, 0.15) is 0 Å². The molecule has 0 N–H and O–H groups in total. The molecule has 0 saturated carbocycles. The van der Waals surface area contributed by atoms with Crippen LogP contribution in [0, 0.1) is 11.8 Å². The van der Waals surface area contributed by atoms with E-state index < -0.39 is 15.6 Å². The van der Waals surface area contributed by atoms with E-state index >= 15 is 0 Å². The van der Waals surface area contributed by atoms with Crippen LogP contribution in [0.2, 0.25) is 0 Å². The molecule has 8 nitrogen and oxygen atoms in total. The number of unbranched alkanes of at least 4 members (excludes halogenated alkanes) is 4. The Morgan fingerprint density at radius 1 is 0.571 bits per heavy atom.